The molecule has 0 atom stereocenters. The Kier molecular flexibility index (Phi) is 7.11. The fourth-order valence-electron chi connectivity index (χ4n) is 2.53. The van der Waals surface area contributed by atoms with Crippen LogP contribution in [0.5, 0.6) is 23.0 Å². The Bertz CT molecular complexity index is 812. The van der Waals surface area contributed by atoms with Gasteiger partial charge >= 0.3 is 0 Å². The first-order valence-corrected chi connectivity index (χ1v) is 8.67. The quantitative estimate of drug-likeness (QED) is 0.685. The zero-order chi connectivity index (χ0) is 19.8. The zero-order valence-electron chi connectivity index (χ0n) is 16.0. The lowest BCUT2D eigenvalue weighted by Crippen LogP contribution is -2.23. The van der Waals surface area contributed by atoms with Crippen LogP contribution in [0.25, 0.3) is 0 Å². The maximum Gasteiger partial charge on any atom is 0.259 e. The summed E-state index contributed by atoms with van der Waals surface area (Å²) >= 11 is 0. The minimum atomic E-state index is -0.437. The van der Waals surface area contributed by atoms with Crippen molar-refractivity contribution in [1.29, 1.82) is 0 Å². The summed E-state index contributed by atoms with van der Waals surface area (Å²) in [6.45, 7) is 4.15. The molecule has 6 nitrogen and oxygen atoms in total. The standard InChI is InChI=1S/C21H25NO5/c1-5-15(6-2)27-17-11-18(23)20(19(12-17)26-4)21(24)22-13-14-7-9-16(25-3)10-8-14/h5,7-12,23H,6,13H2,1-4H3,(H,22,24). The van der Waals surface area contributed by atoms with E-state index in [-0.39, 0.29) is 17.1 Å². The summed E-state index contributed by atoms with van der Waals surface area (Å²) in [5.74, 6) is 1.51. The maximum atomic E-state index is 12.6. The Hall–Kier alpha value is -3.15. The summed E-state index contributed by atoms with van der Waals surface area (Å²) in [4.78, 5) is 12.6. The van der Waals surface area contributed by atoms with E-state index in [1.54, 1.807) is 13.2 Å². The molecule has 1 amide bonds. The number of phenolic OH excluding ortho intramolecular Hbond substituents is 1. The number of hydrogen-bond donors (Lipinski definition) is 2. The first-order valence-electron chi connectivity index (χ1n) is 8.67. The second-order valence-electron chi connectivity index (χ2n) is 5.76. The number of amides is 1. The van der Waals surface area contributed by atoms with E-state index < -0.39 is 5.91 Å². The molecule has 0 aliphatic rings. The van der Waals surface area contributed by atoms with Gasteiger partial charge in [0.25, 0.3) is 5.91 Å². The van der Waals surface area contributed by atoms with Crippen LogP contribution in [0, 0.1) is 0 Å². The predicted octanol–water partition coefficient (Wildman–Crippen LogP) is 4.03. The van der Waals surface area contributed by atoms with Crippen molar-refractivity contribution >= 4 is 5.91 Å². The summed E-state index contributed by atoms with van der Waals surface area (Å²) < 4.78 is 16.1. The van der Waals surface area contributed by atoms with Gasteiger partial charge in [-0.2, -0.15) is 0 Å². The molecule has 0 spiro atoms. The molecule has 0 aliphatic carbocycles. The van der Waals surface area contributed by atoms with Gasteiger partial charge in [-0.3, -0.25) is 4.79 Å². The van der Waals surface area contributed by atoms with Gasteiger partial charge in [0.2, 0.25) is 0 Å². The van der Waals surface area contributed by atoms with E-state index in [1.165, 1.54) is 13.2 Å². The highest BCUT2D eigenvalue weighted by molar-refractivity contribution is 5.99. The number of ether oxygens (including phenoxy) is 3. The maximum absolute atomic E-state index is 12.6. The van der Waals surface area contributed by atoms with Crippen molar-refractivity contribution < 1.29 is 24.1 Å². The van der Waals surface area contributed by atoms with E-state index in [2.05, 4.69) is 5.32 Å². The summed E-state index contributed by atoms with van der Waals surface area (Å²) in [5.41, 5.74) is 0.972. The minimum absolute atomic E-state index is 0.0666. The Morgan fingerprint density at radius 1 is 1.11 bits per heavy atom. The van der Waals surface area contributed by atoms with Gasteiger partial charge in [0, 0.05) is 25.1 Å². The molecular formula is C21H25NO5. The fraction of sp³-hybridized carbons (Fsp3) is 0.286. The normalized spacial score (nSPS) is 11.0. The zero-order valence-corrected chi connectivity index (χ0v) is 16.0. The molecule has 27 heavy (non-hydrogen) atoms. The van der Waals surface area contributed by atoms with Crippen molar-refractivity contribution in [1.82, 2.24) is 5.32 Å². The van der Waals surface area contributed by atoms with Crippen LogP contribution in [0.3, 0.4) is 0 Å². The van der Waals surface area contributed by atoms with Gasteiger partial charge in [-0.1, -0.05) is 19.1 Å². The average Bonchev–Trinajstić information content (AvgIpc) is 2.70. The van der Waals surface area contributed by atoms with Crippen LogP contribution in [-0.2, 0) is 6.54 Å². The number of hydrogen-bond acceptors (Lipinski definition) is 5. The van der Waals surface area contributed by atoms with Gasteiger partial charge < -0.3 is 24.6 Å². The third-order valence-corrected chi connectivity index (χ3v) is 4.03. The van der Waals surface area contributed by atoms with E-state index in [9.17, 15) is 9.90 Å². The van der Waals surface area contributed by atoms with Gasteiger partial charge in [-0.15, -0.1) is 0 Å². The lowest BCUT2D eigenvalue weighted by Gasteiger charge is -2.14. The molecule has 2 aromatic carbocycles. The van der Waals surface area contributed by atoms with E-state index in [1.807, 2.05) is 44.2 Å². The topological polar surface area (TPSA) is 77.0 Å². The number of carbonyl (C=O) groups is 1. The van der Waals surface area contributed by atoms with Crippen LogP contribution in [0.15, 0.2) is 48.2 Å². The van der Waals surface area contributed by atoms with Crippen molar-refractivity contribution in [2.24, 2.45) is 0 Å². The number of allylic oxidation sites excluding steroid dienone is 2. The molecule has 0 aromatic heterocycles. The highest BCUT2D eigenvalue weighted by Crippen LogP contribution is 2.34. The van der Waals surface area contributed by atoms with Crippen LogP contribution in [-0.4, -0.2) is 25.2 Å². The fourth-order valence-corrected chi connectivity index (χ4v) is 2.53. The Morgan fingerprint density at radius 3 is 2.37 bits per heavy atom. The molecule has 0 heterocycles. The highest BCUT2D eigenvalue weighted by atomic mass is 16.5. The molecule has 0 fully saturated rings. The van der Waals surface area contributed by atoms with E-state index in [0.29, 0.717) is 18.7 Å². The lowest BCUT2D eigenvalue weighted by atomic mass is 10.1. The number of methoxy groups -OCH3 is 2. The Labute approximate surface area is 159 Å². The molecule has 2 rings (SSSR count). The number of benzene rings is 2. The van der Waals surface area contributed by atoms with Crippen molar-refractivity contribution in [2.75, 3.05) is 14.2 Å². The van der Waals surface area contributed by atoms with Crippen LogP contribution >= 0.6 is 0 Å². The summed E-state index contributed by atoms with van der Waals surface area (Å²) in [6, 6.07) is 10.3. The molecule has 0 saturated carbocycles. The highest BCUT2D eigenvalue weighted by Gasteiger charge is 2.19. The van der Waals surface area contributed by atoms with E-state index in [0.717, 1.165) is 17.1 Å². The number of rotatable bonds is 8. The number of nitrogens with one attached hydrogen (secondary N) is 1. The molecule has 0 saturated heterocycles. The predicted molar refractivity (Wildman–Crippen MR) is 103 cm³/mol. The largest absolute Gasteiger partial charge is 0.507 e. The van der Waals surface area contributed by atoms with E-state index >= 15 is 0 Å². The smallest absolute Gasteiger partial charge is 0.259 e. The molecule has 0 bridgehead atoms. The first-order chi connectivity index (χ1) is 13.0. The molecule has 2 aromatic rings. The third-order valence-electron chi connectivity index (χ3n) is 4.03. The molecule has 2 N–H and O–H groups in total. The van der Waals surface area contributed by atoms with Crippen LogP contribution < -0.4 is 19.5 Å². The van der Waals surface area contributed by atoms with Crippen LogP contribution in [0.2, 0.25) is 0 Å². The summed E-state index contributed by atoms with van der Waals surface area (Å²) in [6.07, 6.45) is 2.56. The minimum Gasteiger partial charge on any atom is -0.507 e. The second-order valence-corrected chi connectivity index (χ2v) is 5.76. The second kappa shape index (κ2) is 9.52. The molecule has 6 heteroatoms. The SMILES string of the molecule is CC=C(CC)Oc1cc(O)c(C(=O)NCc2ccc(OC)cc2)c(OC)c1. The Balaban J connectivity index is 2.16. The van der Waals surface area contributed by atoms with Gasteiger partial charge in [-0.05, 0) is 30.7 Å². The Morgan fingerprint density at radius 2 is 1.81 bits per heavy atom. The molecule has 144 valence electrons. The molecule has 0 radical (unpaired) electrons. The number of carbonyl (C=O) groups excluding carboxylic acids is 1. The van der Waals surface area contributed by atoms with Crippen molar-refractivity contribution in [3.05, 3.63) is 59.4 Å². The molecule has 0 unspecified atom stereocenters. The van der Waals surface area contributed by atoms with Crippen molar-refractivity contribution in [3.63, 3.8) is 0 Å². The van der Waals surface area contributed by atoms with Gasteiger partial charge in [-0.25, -0.2) is 0 Å². The van der Waals surface area contributed by atoms with Crippen molar-refractivity contribution in [2.45, 2.75) is 26.8 Å². The van der Waals surface area contributed by atoms with Crippen LogP contribution in [0.4, 0.5) is 0 Å². The third kappa shape index (κ3) is 5.17. The summed E-state index contributed by atoms with van der Waals surface area (Å²) in [7, 11) is 3.04. The molecule has 0 aliphatic heterocycles. The number of phenols is 1. The average molecular weight is 371 g/mol. The van der Waals surface area contributed by atoms with Gasteiger partial charge in [0.15, 0.2) is 0 Å². The molecular weight excluding hydrogens is 346 g/mol. The van der Waals surface area contributed by atoms with Crippen molar-refractivity contribution in [3.8, 4) is 23.0 Å². The number of aromatic hydroxyl groups is 1. The lowest BCUT2D eigenvalue weighted by molar-refractivity contribution is 0.0945. The monoisotopic (exact) mass is 371 g/mol. The van der Waals surface area contributed by atoms with E-state index in [4.69, 9.17) is 14.2 Å². The summed E-state index contributed by atoms with van der Waals surface area (Å²) in [5, 5.41) is 13.1. The first kappa shape index (κ1) is 20.2. The van der Waals surface area contributed by atoms with Gasteiger partial charge in [0.1, 0.15) is 28.6 Å². The van der Waals surface area contributed by atoms with Crippen LogP contribution in [0.1, 0.15) is 36.2 Å². The van der Waals surface area contributed by atoms with Gasteiger partial charge in [0.05, 0.1) is 20.0 Å².